The molecule has 2 aromatic rings. The molecule has 2 rings (SSSR count). The van der Waals surface area contributed by atoms with E-state index in [4.69, 9.17) is 0 Å². The van der Waals surface area contributed by atoms with Gasteiger partial charge in [0.2, 0.25) is 0 Å². The quantitative estimate of drug-likeness (QED) is 0.932. The molecule has 0 amide bonds. The van der Waals surface area contributed by atoms with Gasteiger partial charge < -0.3 is 5.32 Å². The van der Waals surface area contributed by atoms with E-state index >= 15 is 0 Å². The summed E-state index contributed by atoms with van der Waals surface area (Å²) in [6.07, 6.45) is 1.81. The first kappa shape index (κ1) is 11.3. The number of nitrogens with one attached hydrogen (secondary N) is 1. The first-order valence-corrected chi connectivity index (χ1v) is 5.95. The third-order valence-corrected chi connectivity index (χ3v) is 3.15. The van der Waals surface area contributed by atoms with Crippen LogP contribution in [0.4, 0.5) is 0 Å². The number of nitrogens with zero attached hydrogens (tertiary/aromatic N) is 1. The van der Waals surface area contributed by atoms with E-state index in [-0.39, 0.29) is 6.04 Å². The van der Waals surface area contributed by atoms with Gasteiger partial charge in [-0.3, -0.25) is 4.98 Å². The van der Waals surface area contributed by atoms with E-state index in [1.165, 1.54) is 5.56 Å². The van der Waals surface area contributed by atoms with E-state index in [2.05, 4.69) is 38.4 Å². The van der Waals surface area contributed by atoms with Crippen LogP contribution in [0.15, 0.2) is 53.1 Å². The van der Waals surface area contributed by atoms with Crippen molar-refractivity contribution < 1.29 is 0 Å². The number of hydrogen-bond acceptors (Lipinski definition) is 2. The molecule has 0 fully saturated rings. The van der Waals surface area contributed by atoms with Crippen LogP contribution in [0.2, 0.25) is 0 Å². The Morgan fingerprint density at radius 2 is 1.88 bits per heavy atom. The van der Waals surface area contributed by atoms with Crippen LogP contribution < -0.4 is 5.32 Å². The molecule has 0 aliphatic carbocycles. The molecule has 1 unspecified atom stereocenters. The first-order chi connectivity index (χ1) is 7.83. The van der Waals surface area contributed by atoms with Crippen LogP contribution >= 0.6 is 15.9 Å². The zero-order chi connectivity index (χ0) is 11.4. The van der Waals surface area contributed by atoms with Crippen LogP contribution in [0.3, 0.4) is 0 Å². The van der Waals surface area contributed by atoms with Crippen LogP contribution in [0.5, 0.6) is 0 Å². The standard InChI is InChI=1S/C13H13BrN2/c1-15-12(10-6-3-2-4-7-10)13-11(14)8-5-9-16-13/h2-9,12,15H,1H3. The van der Waals surface area contributed by atoms with Gasteiger partial charge in [0, 0.05) is 10.7 Å². The van der Waals surface area contributed by atoms with E-state index < -0.39 is 0 Å². The van der Waals surface area contributed by atoms with Gasteiger partial charge in [0.15, 0.2) is 0 Å². The van der Waals surface area contributed by atoms with Crippen molar-refractivity contribution in [3.05, 3.63) is 64.4 Å². The summed E-state index contributed by atoms with van der Waals surface area (Å²) in [6.45, 7) is 0. The van der Waals surface area contributed by atoms with E-state index in [1.807, 2.05) is 43.6 Å². The number of pyridine rings is 1. The maximum atomic E-state index is 4.42. The van der Waals surface area contributed by atoms with Crippen molar-refractivity contribution in [2.75, 3.05) is 7.05 Å². The summed E-state index contributed by atoms with van der Waals surface area (Å²) in [4.78, 5) is 4.42. The van der Waals surface area contributed by atoms with Gasteiger partial charge in [0.25, 0.3) is 0 Å². The van der Waals surface area contributed by atoms with Crippen LogP contribution in [-0.2, 0) is 0 Å². The summed E-state index contributed by atoms with van der Waals surface area (Å²) < 4.78 is 1.03. The van der Waals surface area contributed by atoms with Crippen molar-refractivity contribution in [3.63, 3.8) is 0 Å². The van der Waals surface area contributed by atoms with Crippen molar-refractivity contribution in [1.29, 1.82) is 0 Å². The summed E-state index contributed by atoms with van der Waals surface area (Å²) in [5.41, 5.74) is 2.22. The lowest BCUT2D eigenvalue weighted by Crippen LogP contribution is -2.19. The van der Waals surface area contributed by atoms with Crippen LogP contribution in [0.25, 0.3) is 0 Å². The molecule has 0 aliphatic rings. The molecule has 16 heavy (non-hydrogen) atoms. The zero-order valence-electron chi connectivity index (χ0n) is 9.02. The first-order valence-electron chi connectivity index (χ1n) is 5.15. The number of rotatable bonds is 3. The highest BCUT2D eigenvalue weighted by Crippen LogP contribution is 2.25. The highest BCUT2D eigenvalue weighted by atomic mass is 79.9. The van der Waals surface area contributed by atoms with Gasteiger partial charge in [-0.25, -0.2) is 0 Å². The lowest BCUT2D eigenvalue weighted by Gasteiger charge is -2.17. The fourth-order valence-electron chi connectivity index (χ4n) is 1.72. The average molecular weight is 277 g/mol. The molecule has 0 spiro atoms. The predicted molar refractivity (Wildman–Crippen MR) is 69.3 cm³/mol. The van der Waals surface area contributed by atoms with E-state index in [0.29, 0.717) is 0 Å². The molecule has 82 valence electrons. The highest BCUT2D eigenvalue weighted by molar-refractivity contribution is 9.10. The molecule has 1 aromatic heterocycles. The van der Waals surface area contributed by atoms with Gasteiger partial charge in [-0.2, -0.15) is 0 Å². The van der Waals surface area contributed by atoms with Crippen molar-refractivity contribution in [1.82, 2.24) is 10.3 Å². The van der Waals surface area contributed by atoms with Crippen molar-refractivity contribution in [2.45, 2.75) is 6.04 Å². The minimum Gasteiger partial charge on any atom is -0.308 e. The molecule has 0 bridgehead atoms. The Bertz CT molecular complexity index is 456. The summed E-state index contributed by atoms with van der Waals surface area (Å²) in [5.74, 6) is 0. The van der Waals surface area contributed by atoms with Gasteiger partial charge in [-0.05, 0) is 40.7 Å². The predicted octanol–water partition coefficient (Wildman–Crippen LogP) is 3.15. The second-order valence-corrected chi connectivity index (χ2v) is 4.36. The number of benzene rings is 1. The van der Waals surface area contributed by atoms with Crippen molar-refractivity contribution >= 4 is 15.9 Å². The average Bonchev–Trinajstić information content (AvgIpc) is 2.34. The van der Waals surface area contributed by atoms with E-state index in [1.54, 1.807) is 0 Å². The van der Waals surface area contributed by atoms with Crippen LogP contribution in [0.1, 0.15) is 17.3 Å². The Labute approximate surface area is 104 Å². The van der Waals surface area contributed by atoms with Crippen LogP contribution in [0, 0.1) is 0 Å². The Morgan fingerprint density at radius 3 is 2.50 bits per heavy atom. The fourth-order valence-corrected chi connectivity index (χ4v) is 2.20. The smallest absolute Gasteiger partial charge is 0.0760 e. The number of halogens is 1. The topological polar surface area (TPSA) is 24.9 Å². The Hall–Kier alpha value is -1.19. The second-order valence-electron chi connectivity index (χ2n) is 3.50. The largest absolute Gasteiger partial charge is 0.308 e. The summed E-state index contributed by atoms with van der Waals surface area (Å²) in [6, 6.07) is 14.3. The molecule has 2 nitrogen and oxygen atoms in total. The normalized spacial score (nSPS) is 12.4. The molecule has 0 saturated heterocycles. The van der Waals surface area contributed by atoms with Gasteiger partial charge in [0.1, 0.15) is 0 Å². The molecule has 1 heterocycles. The van der Waals surface area contributed by atoms with Crippen molar-refractivity contribution in [2.24, 2.45) is 0 Å². The molecule has 0 aliphatic heterocycles. The van der Waals surface area contributed by atoms with E-state index in [0.717, 1.165) is 10.2 Å². The maximum Gasteiger partial charge on any atom is 0.0760 e. The highest BCUT2D eigenvalue weighted by Gasteiger charge is 2.15. The number of hydrogen-bond donors (Lipinski definition) is 1. The number of aromatic nitrogens is 1. The Morgan fingerprint density at radius 1 is 1.12 bits per heavy atom. The second kappa shape index (κ2) is 5.23. The minimum absolute atomic E-state index is 0.122. The Kier molecular flexibility index (Phi) is 3.70. The van der Waals surface area contributed by atoms with Gasteiger partial charge in [0.05, 0.1) is 11.7 Å². The van der Waals surface area contributed by atoms with Gasteiger partial charge >= 0.3 is 0 Å². The Balaban J connectivity index is 2.41. The molecule has 1 N–H and O–H groups in total. The van der Waals surface area contributed by atoms with E-state index in [9.17, 15) is 0 Å². The lowest BCUT2D eigenvalue weighted by molar-refractivity contribution is 0.667. The van der Waals surface area contributed by atoms with Crippen molar-refractivity contribution in [3.8, 4) is 0 Å². The fraction of sp³-hybridized carbons (Fsp3) is 0.154. The van der Waals surface area contributed by atoms with Crippen LogP contribution in [-0.4, -0.2) is 12.0 Å². The minimum atomic E-state index is 0.122. The summed E-state index contributed by atoms with van der Waals surface area (Å²) >= 11 is 3.53. The SMILES string of the molecule is CNC(c1ccccc1)c1ncccc1Br. The zero-order valence-corrected chi connectivity index (χ0v) is 10.6. The molecule has 1 atom stereocenters. The monoisotopic (exact) mass is 276 g/mol. The molecule has 0 saturated carbocycles. The lowest BCUT2D eigenvalue weighted by atomic mass is 10.0. The third-order valence-electron chi connectivity index (χ3n) is 2.48. The summed E-state index contributed by atoms with van der Waals surface area (Å²) in [5, 5.41) is 3.28. The summed E-state index contributed by atoms with van der Waals surface area (Å²) in [7, 11) is 1.94. The molecule has 3 heteroatoms. The molecular formula is C13H13BrN2. The van der Waals surface area contributed by atoms with Gasteiger partial charge in [-0.15, -0.1) is 0 Å². The third kappa shape index (κ3) is 2.31. The van der Waals surface area contributed by atoms with Gasteiger partial charge in [-0.1, -0.05) is 30.3 Å². The molecule has 0 radical (unpaired) electrons. The maximum absolute atomic E-state index is 4.42. The molecular weight excluding hydrogens is 264 g/mol. The molecule has 1 aromatic carbocycles.